The molecule has 2 aromatic heterocycles. The quantitative estimate of drug-likeness (QED) is 0.729. The highest BCUT2D eigenvalue weighted by Crippen LogP contribution is 2.20. The van der Waals surface area contributed by atoms with E-state index in [1.165, 1.54) is 6.33 Å². The fourth-order valence-corrected chi connectivity index (χ4v) is 3.04. The number of rotatable bonds is 7. The van der Waals surface area contributed by atoms with Crippen LogP contribution in [0.2, 0.25) is 0 Å². The Balaban J connectivity index is 2.01. The first-order valence-electron chi connectivity index (χ1n) is 6.88. The van der Waals surface area contributed by atoms with E-state index in [1.54, 1.807) is 0 Å². The van der Waals surface area contributed by atoms with Crippen molar-refractivity contribution in [2.24, 2.45) is 5.92 Å². The first-order valence-corrected chi connectivity index (χ1v) is 7.92. The maximum absolute atomic E-state index is 11.6. The van der Waals surface area contributed by atoms with Crippen molar-refractivity contribution in [1.82, 2.24) is 15.0 Å². The largest absolute Gasteiger partial charge is 0.396 e. The number of fused-ring (bicyclic) bond motifs is 1. The van der Waals surface area contributed by atoms with E-state index >= 15 is 0 Å². The van der Waals surface area contributed by atoms with Crippen LogP contribution < -0.4 is 5.56 Å². The van der Waals surface area contributed by atoms with Crippen LogP contribution in [-0.2, 0) is 6.42 Å². The molecule has 0 unspecified atom stereocenters. The minimum Gasteiger partial charge on any atom is -0.396 e. The Bertz CT molecular complexity index is 606. The van der Waals surface area contributed by atoms with Crippen molar-refractivity contribution < 1.29 is 5.11 Å². The summed E-state index contributed by atoms with van der Waals surface area (Å²) in [4.78, 5) is 21.3. The van der Waals surface area contributed by atoms with Crippen LogP contribution in [-0.4, -0.2) is 37.7 Å². The van der Waals surface area contributed by atoms with E-state index in [-0.39, 0.29) is 18.1 Å². The first-order chi connectivity index (χ1) is 9.61. The molecule has 0 radical (unpaired) electrons. The van der Waals surface area contributed by atoms with Crippen molar-refractivity contribution in [2.75, 3.05) is 12.4 Å². The number of aliphatic hydroxyl groups excluding tert-OH is 1. The van der Waals surface area contributed by atoms with Crippen molar-refractivity contribution >= 4 is 22.8 Å². The number of nitrogens with zero attached hydrogens (tertiary/aromatic N) is 1. The number of H-pyrrole nitrogens is 2. The molecule has 0 spiro atoms. The summed E-state index contributed by atoms with van der Waals surface area (Å²) in [6, 6.07) is 0. The van der Waals surface area contributed by atoms with E-state index in [4.69, 9.17) is 0 Å². The van der Waals surface area contributed by atoms with Crippen molar-refractivity contribution in [3.8, 4) is 0 Å². The highest BCUT2D eigenvalue weighted by Gasteiger charge is 2.12. The molecule has 0 aromatic carbocycles. The average molecular weight is 295 g/mol. The van der Waals surface area contributed by atoms with Crippen LogP contribution in [0.5, 0.6) is 0 Å². The highest BCUT2D eigenvalue weighted by molar-refractivity contribution is 7.99. The Morgan fingerprint density at radius 2 is 2.20 bits per heavy atom. The molecule has 20 heavy (non-hydrogen) atoms. The summed E-state index contributed by atoms with van der Waals surface area (Å²) in [7, 11) is 0. The second kappa shape index (κ2) is 6.95. The number of aromatic amines is 2. The van der Waals surface area contributed by atoms with Gasteiger partial charge in [-0.15, -0.1) is 0 Å². The van der Waals surface area contributed by atoms with Crippen LogP contribution in [0, 0.1) is 5.92 Å². The molecule has 0 saturated carbocycles. The summed E-state index contributed by atoms with van der Waals surface area (Å²) in [6.45, 7) is 4.53. The van der Waals surface area contributed by atoms with Crippen molar-refractivity contribution in [3.63, 3.8) is 0 Å². The number of nitrogens with one attached hydrogen (secondary N) is 2. The molecule has 0 amide bonds. The van der Waals surface area contributed by atoms with Crippen LogP contribution in [0.15, 0.2) is 17.3 Å². The van der Waals surface area contributed by atoms with Gasteiger partial charge in [-0.05, 0) is 35.3 Å². The minimum atomic E-state index is -0.143. The molecule has 0 aliphatic heterocycles. The topological polar surface area (TPSA) is 81.8 Å². The second-order valence-electron chi connectivity index (χ2n) is 5.24. The molecule has 0 aliphatic rings. The van der Waals surface area contributed by atoms with Crippen LogP contribution in [0.1, 0.15) is 25.8 Å². The molecule has 0 bridgehead atoms. The van der Waals surface area contributed by atoms with Crippen molar-refractivity contribution in [2.45, 2.75) is 31.9 Å². The third-order valence-electron chi connectivity index (χ3n) is 3.29. The zero-order valence-corrected chi connectivity index (χ0v) is 12.7. The van der Waals surface area contributed by atoms with E-state index in [0.717, 1.165) is 29.7 Å². The van der Waals surface area contributed by atoms with Crippen LogP contribution in [0.4, 0.5) is 0 Å². The van der Waals surface area contributed by atoms with E-state index < -0.39 is 0 Å². The van der Waals surface area contributed by atoms with Gasteiger partial charge in [-0.2, -0.15) is 11.8 Å². The molecule has 1 atom stereocenters. The lowest BCUT2D eigenvalue weighted by atomic mass is 10.0. The Morgan fingerprint density at radius 1 is 1.40 bits per heavy atom. The molecule has 0 aliphatic carbocycles. The summed E-state index contributed by atoms with van der Waals surface area (Å²) in [6.07, 6.45) is 5.00. The molecule has 0 fully saturated rings. The predicted molar refractivity (Wildman–Crippen MR) is 83.2 cm³/mol. The Labute approximate surface area is 122 Å². The Morgan fingerprint density at radius 3 is 2.90 bits per heavy atom. The first kappa shape index (κ1) is 15.1. The lowest BCUT2D eigenvalue weighted by molar-refractivity contribution is 0.233. The van der Waals surface area contributed by atoms with Gasteiger partial charge in [-0.1, -0.05) is 13.8 Å². The molecule has 6 heteroatoms. The van der Waals surface area contributed by atoms with Crippen molar-refractivity contribution in [1.29, 1.82) is 0 Å². The monoisotopic (exact) mass is 295 g/mol. The smallest absolute Gasteiger partial charge is 0.275 e. The minimum absolute atomic E-state index is 0.143. The van der Waals surface area contributed by atoms with Gasteiger partial charge in [0.15, 0.2) is 0 Å². The van der Waals surface area contributed by atoms with Gasteiger partial charge in [0.05, 0.1) is 11.8 Å². The second-order valence-corrected chi connectivity index (χ2v) is 6.85. The molecule has 5 nitrogen and oxygen atoms in total. The third-order valence-corrected chi connectivity index (χ3v) is 4.62. The molecule has 2 aromatic rings. The van der Waals surface area contributed by atoms with Gasteiger partial charge in [-0.3, -0.25) is 4.79 Å². The molecule has 0 saturated heterocycles. The number of thioether (sulfide) groups is 1. The van der Waals surface area contributed by atoms with Gasteiger partial charge in [0, 0.05) is 12.8 Å². The molecule has 2 rings (SSSR count). The number of aryl methyl sites for hydroxylation is 1. The third kappa shape index (κ3) is 3.64. The highest BCUT2D eigenvalue weighted by atomic mass is 32.2. The van der Waals surface area contributed by atoms with Gasteiger partial charge in [0.1, 0.15) is 5.52 Å². The molecule has 3 N–H and O–H groups in total. The SMILES string of the molecule is CC(C)SC[C@@H](CO)CCc1c[nH]c2c(=O)[nH]cnc12. The van der Waals surface area contributed by atoms with Gasteiger partial charge in [-0.25, -0.2) is 4.98 Å². The lowest BCUT2D eigenvalue weighted by Gasteiger charge is -2.14. The molecular formula is C14H21N3O2S. The van der Waals surface area contributed by atoms with E-state index in [0.29, 0.717) is 10.8 Å². The van der Waals surface area contributed by atoms with Gasteiger partial charge >= 0.3 is 0 Å². The maximum Gasteiger partial charge on any atom is 0.275 e. The molecular weight excluding hydrogens is 274 g/mol. The summed E-state index contributed by atoms with van der Waals surface area (Å²) in [5, 5.41) is 10.0. The Hall–Kier alpha value is -1.27. The Kier molecular flexibility index (Phi) is 5.25. The van der Waals surface area contributed by atoms with Crippen LogP contribution >= 0.6 is 11.8 Å². The zero-order valence-electron chi connectivity index (χ0n) is 11.8. The maximum atomic E-state index is 11.6. The van der Waals surface area contributed by atoms with E-state index in [9.17, 15) is 9.90 Å². The standard InChI is InChI=1S/C14H21N3O2S/c1-9(2)20-7-10(6-18)3-4-11-5-15-13-12(11)16-8-17-14(13)19/h5,8-10,15,18H,3-4,6-7H2,1-2H3,(H,16,17,19)/t10-/m1/s1. The summed E-state index contributed by atoms with van der Waals surface area (Å²) < 4.78 is 0. The van der Waals surface area contributed by atoms with E-state index in [1.807, 2.05) is 18.0 Å². The van der Waals surface area contributed by atoms with Crippen LogP contribution in [0.3, 0.4) is 0 Å². The fraction of sp³-hybridized carbons (Fsp3) is 0.571. The summed E-state index contributed by atoms with van der Waals surface area (Å²) >= 11 is 1.87. The number of aliphatic hydroxyl groups is 1. The molecule has 2 heterocycles. The number of hydrogen-bond donors (Lipinski definition) is 3. The lowest BCUT2D eigenvalue weighted by Crippen LogP contribution is -2.12. The van der Waals surface area contributed by atoms with Gasteiger partial charge in [0.2, 0.25) is 0 Å². The predicted octanol–water partition coefficient (Wildman–Crippen LogP) is 1.93. The normalized spacial score (nSPS) is 13.2. The van der Waals surface area contributed by atoms with E-state index in [2.05, 4.69) is 28.8 Å². The number of hydrogen-bond acceptors (Lipinski definition) is 4. The van der Waals surface area contributed by atoms with Crippen LogP contribution in [0.25, 0.3) is 11.0 Å². The fourth-order valence-electron chi connectivity index (χ4n) is 2.11. The van der Waals surface area contributed by atoms with Crippen molar-refractivity contribution in [3.05, 3.63) is 28.4 Å². The zero-order chi connectivity index (χ0) is 14.5. The average Bonchev–Trinajstić information content (AvgIpc) is 2.83. The van der Waals surface area contributed by atoms with Gasteiger partial charge < -0.3 is 15.1 Å². The number of aromatic nitrogens is 3. The summed E-state index contributed by atoms with van der Waals surface area (Å²) in [5.41, 5.74) is 2.16. The summed E-state index contributed by atoms with van der Waals surface area (Å²) in [5.74, 6) is 1.25. The molecule has 110 valence electrons. The van der Waals surface area contributed by atoms with Gasteiger partial charge in [0.25, 0.3) is 5.56 Å².